The molecule has 0 atom stereocenters. The SMILES string of the molecule is CS(=O)(=O)NCCc1ccc(C(=O)Nc2ccc(-c3nccs3)cc2)s1. The molecule has 6 nitrogen and oxygen atoms in total. The van der Waals surface area contributed by atoms with Crippen molar-refractivity contribution in [2.75, 3.05) is 18.1 Å². The van der Waals surface area contributed by atoms with Crippen LogP contribution in [0.2, 0.25) is 0 Å². The van der Waals surface area contributed by atoms with Crippen LogP contribution in [-0.2, 0) is 16.4 Å². The van der Waals surface area contributed by atoms with Crippen molar-refractivity contribution in [2.45, 2.75) is 6.42 Å². The van der Waals surface area contributed by atoms with Gasteiger partial charge in [0.1, 0.15) is 5.01 Å². The molecule has 0 fully saturated rings. The average molecular weight is 408 g/mol. The summed E-state index contributed by atoms with van der Waals surface area (Å²) in [7, 11) is -3.19. The number of rotatable bonds is 7. The van der Waals surface area contributed by atoms with Gasteiger partial charge >= 0.3 is 0 Å². The standard InChI is InChI=1S/C17H17N3O3S3/c1-26(22,23)19-9-8-14-6-7-15(25-14)16(21)20-13-4-2-12(3-5-13)17-18-10-11-24-17/h2-7,10-11,19H,8-9H2,1H3,(H,20,21). The highest BCUT2D eigenvalue weighted by Crippen LogP contribution is 2.24. The fourth-order valence-corrected chi connectivity index (χ4v) is 4.27. The van der Waals surface area contributed by atoms with Gasteiger partial charge in [-0.2, -0.15) is 0 Å². The predicted octanol–water partition coefficient (Wildman–Crippen LogP) is 3.22. The number of aromatic nitrogens is 1. The number of benzene rings is 1. The molecule has 3 aromatic rings. The van der Waals surface area contributed by atoms with Gasteiger partial charge in [-0.15, -0.1) is 22.7 Å². The molecule has 0 aliphatic heterocycles. The number of carbonyl (C=O) groups is 1. The summed E-state index contributed by atoms with van der Waals surface area (Å²) in [6, 6.07) is 11.1. The van der Waals surface area contributed by atoms with Crippen LogP contribution in [0, 0.1) is 0 Å². The highest BCUT2D eigenvalue weighted by molar-refractivity contribution is 7.88. The number of hydrogen-bond acceptors (Lipinski definition) is 6. The van der Waals surface area contributed by atoms with Gasteiger partial charge < -0.3 is 5.32 Å². The predicted molar refractivity (Wildman–Crippen MR) is 106 cm³/mol. The van der Waals surface area contributed by atoms with Crippen molar-refractivity contribution in [1.29, 1.82) is 0 Å². The summed E-state index contributed by atoms with van der Waals surface area (Å²) < 4.78 is 24.6. The Morgan fingerprint density at radius 2 is 1.92 bits per heavy atom. The maximum Gasteiger partial charge on any atom is 0.265 e. The number of nitrogens with zero attached hydrogens (tertiary/aromatic N) is 1. The minimum atomic E-state index is -3.19. The minimum absolute atomic E-state index is 0.181. The van der Waals surface area contributed by atoms with Crippen LogP contribution in [0.25, 0.3) is 10.6 Å². The van der Waals surface area contributed by atoms with E-state index in [0.29, 0.717) is 23.5 Å². The van der Waals surface area contributed by atoms with E-state index in [-0.39, 0.29) is 5.91 Å². The summed E-state index contributed by atoms with van der Waals surface area (Å²) in [5.41, 5.74) is 1.72. The van der Waals surface area contributed by atoms with E-state index in [0.717, 1.165) is 21.7 Å². The van der Waals surface area contributed by atoms with Gasteiger partial charge in [-0.25, -0.2) is 18.1 Å². The van der Waals surface area contributed by atoms with Gasteiger partial charge in [0, 0.05) is 34.2 Å². The number of carbonyl (C=O) groups excluding carboxylic acids is 1. The van der Waals surface area contributed by atoms with Crippen LogP contribution in [0.3, 0.4) is 0 Å². The van der Waals surface area contributed by atoms with E-state index in [4.69, 9.17) is 0 Å². The second-order valence-electron chi connectivity index (χ2n) is 5.55. The number of thiazole rings is 1. The van der Waals surface area contributed by atoms with Crippen molar-refractivity contribution in [2.24, 2.45) is 0 Å². The fourth-order valence-electron chi connectivity index (χ4n) is 2.25. The Labute approximate surface area is 160 Å². The fraction of sp³-hybridized carbons (Fsp3) is 0.176. The van der Waals surface area contributed by atoms with Crippen molar-refractivity contribution in [3.63, 3.8) is 0 Å². The molecule has 1 amide bonds. The Kier molecular flexibility index (Phi) is 5.82. The summed E-state index contributed by atoms with van der Waals surface area (Å²) in [5, 5.41) is 5.73. The monoisotopic (exact) mass is 407 g/mol. The molecule has 0 saturated carbocycles. The Bertz CT molecular complexity index is 978. The van der Waals surface area contributed by atoms with Gasteiger partial charge in [-0.05, 0) is 42.8 Å². The molecule has 136 valence electrons. The molecule has 2 heterocycles. The van der Waals surface area contributed by atoms with Crippen LogP contribution in [-0.4, -0.2) is 32.1 Å². The zero-order chi connectivity index (χ0) is 18.6. The quantitative estimate of drug-likeness (QED) is 0.629. The lowest BCUT2D eigenvalue weighted by molar-refractivity contribution is 0.103. The van der Waals surface area contributed by atoms with Crippen LogP contribution in [0.4, 0.5) is 5.69 Å². The number of nitrogens with one attached hydrogen (secondary N) is 2. The Morgan fingerprint density at radius 3 is 2.58 bits per heavy atom. The van der Waals surface area contributed by atoms with E-state index in [1.807, 2.05) is 35.7 Å². The normalized spacial score (nSPS) is 11.4. The smallest absolute Gasteiger partial charge is 0.265 e. The van der Waals surface area contributed by atoms with E-state index in [1.54, 1.807) is 23.6 Å². The van der Waals surface area contributed by atoms with Crippen molar-refractivity contribution in [1.82, 2.24) is 9.71 Å². The molecule has 0 radical (unpaired) electrons. The maximum absolute atomic E-state index is 12.4. The van der Waals surface area contributed by atoms with Crippen molar-refractivity contribution in [3.8, 4) is 10.6 Å². The third-order valence-corrected chi connectivity index (χ3v) is 6.14. The molecule has 0 bridgehead atoms. The van der Waals surface area contributed by atoms with Crippen molar-refractivity contribution >= 4 is 44.3 Å². The van der Waals surface area contributed by atoms with Gasteiger partial charge in [0.25, 0.3) is 5.91 Å². The van der Waals surface area contributed by atoms with Crippen LogP contribution in [0.5, 0.6) is 0 Å². The molecular weight excluding hydrogens is 390 g/mol. The first-order valence-corrected chi connectivity index (χ1v) is 11.3. The number of hydrogen-bond donors (Lipinski definition) is 2. The Morgan fingerprint density at radius 1 is 1.15 bits per heavy atom. The van der Waals surface area contributed by atoms with Gasteiger partial charge in [0.05, 0.1) is 11.1 Å². The van der Waals surface area contributed by atoms with E-state index < -0.39 is 10.0 Å². The molecule has 0 saturated heterocycles. The van der Waals surface area contributed by atoms with E-state index in [9.17, 15) is 13.2 Å². The molecular formula is C17H17N3O3S3. The molecule has 0 spiro atoms. The lowest BCUT2D eigenvalue weighted by Crippen LogP contribution is -2.24. The number of amides is 1. The molecule has 26 heavy (non-hydrogen) atoms. The zero-order valence-electron chi connectivity index (χ0n) is 13.9. The Balaban J connectivity index is 1.58. The average Bonchev–Trinajstić information content (AvgIpc) is 3.26. The van der Waals surface area contributed by atoms with E-state index in [1.165, 1.54) is 11.3 Å². The number of sulfonamides is 1. The Hall–Kier alpha value is -2.07. The van der Waals surface area contributed by atoms with Crippen LogP contribution in [0.1, 0.15) is 14.5 Å². The first-order valence-electron chi connectivity index (χ1n) is 7.75. The first-order chi connectivity index (χ1) is 12.4. The highest BCUT2D eigenvalue weighted by Gasteiger charge is 2.10. The zero-order valence-corrected chi connectivity index (χ0v) is 16.4. The molecule has 9 heteroatoms. The topological polar surface area (TPSA) is 88.2 Å². The molecule has 2 N–H and O–H groups in total. The number of anilines is 1. The van der Waals surface area contributed by atoms with Gasteiger partial charge in [-0.1, -0.05) is 0 Å². The third kappa shape index (κ3) is 5.21. The second kappa shape index (κ2) is 8.09. The van der Waals surface area contributed by atoms with Crippen LogP contribution >= 0.6 is 22.7 Å². The molecule has 2 aromatic heterocycles. The van der Waals surface area contributed by atoms with Crippen LogP contribution in [0.15, 0.2) is 48.0 Å². The summed E-state index contributed by atoms with van der Waals surface area (Å²) in [4.78, 5) is 18.1. The highest BCUT2D eigenvalue weighted by atomic mass is 32.2. The summed E-state index contributed by atoms with van der Waals surface area (Å²) >= 11 is 2.92. The van der Waals surface area contributed by atoms with Gasteiger partial charge in [0.2, 0.25) is 10.0 Å². The van der Waals surface area contributed by atoms with Gasteiger partial charge in [-0.3, -0.25) is 4.79 Å². The maximum atomic E-state index is 12.4. The first kappa shape index (κ1) is 18.7. The van der Waals surface area contributed by atoms with Crippen LogP contribution < -0.4 is 10.0 Å². The lowest BCUT2D eigenvalue weighted by atomic mass is 10.2. The summed E-state index contributed by atoms with van der Waals surface area (Å²) in [6.45, 7) is 0.318. The van der Waals surface area contributed by atoms with E-state index >= 15 is 0 Å². The molecule has 0 aliphatic carbocycles. The molecule has 0 unspecified atom stereocenters. The molecule has 1 aromatic carbocycles. The molecule has 3 rings (SSSR count). The minimum Gasteiger partial charge on any atom is -0.321 e. The summed E-state index contributed by atoms with van der Waals surface area (Å²) in [6.07, 6.45) is 3.43. The van der Waals surface area contributed by atoms with Crippen molar-refractivity contribution in [3.05, 3.63) is 57.7 Å². The van der Waals surface area contributed by atoms with E-state index in [2.05, 4.69) is 15.0 Å². The second-order valence-corrected chi connectivity index (χ2v) is 9.45. The largest absolute Gasteiger partial charge is 0.321 e. The third-order valence-electron chi connectivity index (χ3n) is 3.44. The summed E-state index contributed by atoms with van der Waals surface area (Å²) in [5.74, 6) is -0.181. The lowest BCUT2D eigenvalue weighted by Gasteiger charge is -2.04. The molecule has 0 aliphatic rings. The van der Waals surface area contributed by atoms with Crippen molar-refractivity contribution < 1.29 is 13.2 Å². The van der Waals surface area contributed by atoms with Gasteiger partial charge in [0.15, 0.2) is 0 Å². The number of thiophene rings is 1.